The Morgan fingerprint density at radius 3 is 2.35 bits per heavy atom. The molecule has 0 spiro atoms. The first-order valence-electron chi connectivity index (χ1n) is 4.84. The number of hydrogen-bond acceptors (Lipinski definition) is 3. The first-order valence-corrected chi connectivity index (χ1v) is 7.53. The van der Waals surface area contributed by atoms with Crippen molar-refractivity contribution >= 4 is 38.6 Å². The molecule has 1 rings (SSSR count). The molecule has 94 valence electrons. The van der Waals surface area contributed by atoms with Crippen LogP contribution >= 0.6 is 22.6 Å². The molecular formula is C10H13IN2O3S. The Hall–Kier alpha value is -0.830. The number of nitrogens with zero attached hydrogens (tertiary/aromatic N) is 1. The Labute approximate surface area is 114 Å². The van der Waals surface area contributed by atoms with E-state index in [4.69, 9.17) is 0 Å². The maximum atomic E-state index is 12.0. The van der Waals surface area contributed by atoms with Crippen molar-refractivity contribution in [1.82, 2.24) is 9.62 Å². The highest BCUT2D eigenvalue weighted by Gasteiger charge is 2.25. The summed E-state index contributed by atoms with van der Waals surface area (Å²) < 4.78 is 24.6. The van der Waals surface area contributed by atoms with E-state index < -0.39 is 16.1 Å². The Morgan fingerprint density at radius 1 is 1.35 bits per heavy atom. The lowest BCUT2D eigenvalue weighted by molar-refractivity contribution is 0.228. The summed E-state index contributed by atoms with van der Waals surface area (Å²) in [5, 5.41) is 2.51. The predicted octanol–water partition coefficient (Wildman–Crippen LogP) is 1.80. The Kier molecular flexibility index (Phi) is 4.75. The smallest absolute Gasteiger partial charge is 0.326 e. The second-order valence-electron chi connectivity index (χ2n) is 3.35. The number of carbonyl (C=O) groups excluding carboxylic acids is 1. The quantitative estimate of drug-likeness (QED) is 0.503. The van der Waals surface area contributed by atoms with E-state index in [-0.39, 0.29) is 8.94 Å². The van der Waals surface area contributed by atoms with E-state index in [2.05, 4.69) is 5.32 Å². The maximum Gasteiger partial charge on any atom is 0.331 e. The third-order valence-corrected chi connectivity index (χ3v) is 4.08. The van der Waals surface area contributed by atoms with Gasteiger partial charge in [-0.25, -0.2) is 17.5 Å². The average molecular weight is 368 g/mol. The SMILES string of the molecule is CC(I)NC(=O)N(C)S(=O)(=O)c1ccccc1. The fraction of sp³-hybridized carbons (Fsp3) is 0.300. The van der Waals surface area contributed by atoms with Gasteiger partial charge in [0, 0.05) is 7.05 Å². The van der Waals surface area contributed by atoms with Crippen LogP contribution in [0, 0.1) is 0 Å². The van der Waals surface area contributed by atoms with Crippen LogP contribution < -0.4 is 5.32 Å². The molecule has 1 aromatic rings. The molecule has 17 heavy (non-hydrogen) atoms. The number of halogens is 1. The van der Waals surface area contributed by atoms with E-state index in [9.17, 15) is 13.2 Å². The molecule has 5 nitrogen and oxygen atoms in total. The molecule has 7 heteroatoms. The topological polar surface area (TPSA) is 66.5 Å². The summed E-state index contributed by atoms with van der Waals surface area (Å²) in [6.07, 6.45) is 0. The van der Waals surface area contributed by atoms with Crippen molar-refractivity contribution in [3.63, 3.8) is 0 Å². The van der Waals surface area contributed by atoms with Gasteiger partial charge in [-0.3, -0.25) is 0 Å². The largest absolute Gasteiger partial charge is 0.331 e. The first kappa shape index (κ1) is 14.2. The average Bonchev–Trinajstić information content (AvgIpc) is 2.28. The molecule has 0 aliphatic heterocycles. The molecule has 0 bridgehead atoms. The molecule has 1 N–H and O–H groups in total. The molecule has 0 heterocycles. The van der Waals surface area contributed by atoms with Crippen LogP contribution in [0.2, 0.25) is 0 Å². The van der Waals surface area contributed by atoms with E-state index in [1.54, 1.807) is 25.1 Å². The Bertz CT molecular complexity index is 488. The molecule has 0 saturated carbocycles. The van der Waals surface area contributed by atoms with Gasteiger partial charge in [0.05, 0.1) is 8.94 Å². The number of amides is 2. The number of urea groups is 1. The van der Waals surface area contributed by atoms with Gasteiger partial charge in [0.15, 0.2) is 0 Å². The van der Waals surface area contributed by atoms with Crippen LogP contribution in [0.3, 0.4) is 0 Å². The minimum atomic E-state index is -3.77. The molecule has 0 saturated heterocycles. The Morgan fingerprint density at radius 2 is 1.88 bits per heavy atom. The third-order valence-electron chi connectivity index (χ3n) is 2.01. The van der Waals surface area contributed by atoms with Gasteiger partial charge in [-0.1, -0.05) is 40.8 Å². The highest BCUT2D eigenvalue weighted by molar-refractivity contribution is 14.1. The van der Waals surface area contributed by atoms with Crippen LogP contribution in [-0.4, -0.2) is 29.9 Å². The molecule has 0 aliphatic rings. The summed E-state index contributed by atoms with van der Waals surface area (Å²) in [4.78, 5) is 11.7. The minimum absolute atomic E-state index is 0.0961. The zero-order chi connectivity index (χ0) is 13.1. The normalized spacial score (nSPS) is 12.9. The van der Waals surface area contributed by atoms with Crippen LogP contribution in [0.25, 0.3) is 0 Å². The number of sulfonamides is 1. The standard InChI is InChI=1S/C10H13IN2O3S/c1-8(11)12-10(14)13(2)17(15,16)9-6-4-3-5-7-9/h3-8H,1-2H3,(H,12,14). The van der Waals surface area contributed by atoms with Gasteiger partial charge in [0.2, 0.25) is 0 Å². The molecule has 0 fully saturated rings. The van der Waals surface area contributed by atoms with Gasteiger partial charge in [0.1, 0.15) is 0 Å². The molecule has 1 aromatic carbocycles. The fourth-order valence-electron chi connectivity index (χ4n) is 1.12. The zero-order valence-corrected chi connectivity index (χ0v) is 12.4. The van der Waals surface area contributed by atoms with Gasteiger partial charge >= 0.3 is 6.03 Å². The van der Waals surface area contributed by atoms with Crippen LogP contribution in [0.5, 0.6) is 0 Å². The predicted molar refractivity (Wildman–Crippen MR) is 73.4 cm³/mol. The van der Waals surface area contributed by atoms with Gasteiger partial charge in [-0.15, -0.1) is 0 Å². The van der Waals surface area contributed by atoms with E-state index in [0.717, 1.165) is 0 Å². The van der Waals surface area contributed by atoms with Gasteiger partial charge in [-0.05, 0) is 19.1 Å². The lowest BCUT2D eigenvalue weighted by atomic mass is 10.4. The van der Waals surface area contributed by atoms with Crippen molar-refractivity contribution in [2.45, 2.75) is 15.9 Å². The number of rotatable bonds is 3. The number of carbonyl (C=O) groups is 1. The van der Waals surface area contributed by atoms with E-state index in [1.807, 2.05) is 22.6 Å². The number of benzene rings is 1. The lowest BCUT2D eigenvalue weighted by Crippen LogP contribution is -2.42. The maximum absolute atomic E-state index is 12.0. The summed E-state index contributed by atoms with van der Waals surface area (Å²) in [7, 11) is -2.53. The molecule has 0 radical (unpaired) electrons. The summed E-state index contributed by atoms with van der Waals surface area (Å²) in [6.45, 7) is 1.75. The Balaban J connectivity index is 2.96. The molecule has 1 unspecified atom stereocenters. The fourth-order valence-corrected chi connectivity index (χ4v) is 2.48. The highest BCUT2D eigenvalue weighted by Crippen LogP contribution is 2.13. The molecule has 2 amide bonds. The molecule has 1 atom stereocenters. The number of nitrogens with one attached hydrogen (secondary N) is 1. The lowest BCUT2D eigenvalue weighted by Gasteiger charge is -2.19. The number of alkyl halides is 1. The first-order chi connectivity index (χ1) is 7.85. The van der Waals surface area contributed by atoms with Crippen molar-refractivity contribution in [2.24, 2.45) is 0 Å². The van der Waals surface area contributed by atoms with Crippen molar-refractivity contribution in [1.29, 1.82) is 0 Å². The summed E-state index contributed by atoms with van der Waals surface area (Å²) >= 11 is 1.98. The van der Waals surface area contributed by atoms with Crippen molar-refractivity contribution in [3.8, 4) is 0 Å². The van der Waals surface area contributed by atoms with Gasteiger partial charge in [0.25, 0.3) is 10.0 Å². The van der Waals surface area contributed by atoms with E-state index >= 15 is 0 Å². The van der Waals surface area contributed by atoms with Crippen molar-refractivity contribution in [2.75, 3.05) is 7.05 Å². The van der Waals surface area contributed by atoms with Crippen LogP contribution in [0.1, 0.15) is 6.92 Å². The van der Waals surface area contributed by atoms with E-state index in [0.29, 0.717) is 4.31 Å². The summed E-state index contributed by atoms with van der Waals surface area (Å²) in [5.41, 5.74) is 0. The monoisotopic (exact) mass is 368 g/mol. The van der Waals surface area contributed by atoms with Crippen molar-refractivity contribution in [3.05, 3.63) is 30.3 Å². The molecular weight excluding hydrogens is 355 g/mol. The summed E-state index contributed by atoms with van der Waals surface area (Å²) in [5.74, 6) is 0. The molecule has 0 aliphatic carbocycles. The van der Waals surface area contributed by atoms with E-state index in [1.165, 1.54) is 19.2 Å². The number of hydrogen-bond donors (Lipinski definition) is 1. The highest BCUT2D eigenvalue weighted by atomic mass is 127. The minimum Gasteiger partial charge on any atom is -0.326 e. The van der Waals surface area contributed by atoms with Crippen molar-refractivity contribution < 1.29 is 13.2 Å². The van der Waals surface area contributed by atoms with Gasteiger partial charge < -0.3 is 5.32 Å². The third kappa shape index (κ3) is 3.56. The zero-order valence-electron chi connectivity index (χ0n) is 9.42. The van der Waals surface area contributed by atoms with Gasteiger partial charge in [-0.2, -0.15) is 0 Å². The second kappa shape index (κ2) is 5.67. The molecule has 0 aromatic heterocycles. The van der Waals surface area contributed by atoms with Crippen LogP contribution in [0.15, 0.2) is 35.2 Å². The van der Waals surface area contributed by atoms with Crippen LogP contribution in [0.4, 0.5) is 4.79 Å². The van der Waals surface area contributed by atoms with Crippen LogP contribution in [-0.2, 0) is 10.0 Å². The summed E-state index contributed by atoms with van der Waals surface area (Å²) in [6, 6.07) is 7.19. The second-order valence-corrected chi connectivity index (χ2v) is 7.19.